The summed E-state index contributed by atoms with van der Waals surface area (Å²) in [5.74, 6) is 3.90. The van der Waals surface area contributed by atoms with Gasteiger partial charge in [0.15, 0.2) is 0 Å². The molecule has 1 amide bonds. The van der Waals surface area contributed by atoms with E-state index in [1.54, 1.807) is 6.92 Å². The molecule has 4 aliphatic carbocycles. The summed E-state index contributed by atoms with van der Waals surface area (Å²) in [4.78, 5) is 21.1. The van der Waals surface area contributed by atoms with Gasteiger partial charge in [0.2, 0.25) is 5.91 Å². The van der Waals surface area contributed by atoms with Crippen LogP contribution in [0.25, 0.3) is 0 Å². The van der Waals surface area contributed by atoms with E-state index < -0.39 is 23.5 Å². The molecule has 4 saturated carbocycles. The molecule has 2 N–H and O–H groups in total. The van der Waals surface area contributed by atoms with Gasteiger partial charge in [0.25, 0.3) is 0 Å². The number of nitrogens with one attached hydrogen (secondary N) is 1. The van der Waals surface area contributed by atoms with E-state index in [0.29, 0.717) is 22.6 Å². The molecule has 0 spiro atoms. The Morgan fingerprint density at radius 3 is 1.88 bits per heavy atom. The van der Waals surface area contributed by atoms with Crippen LogP contribution >= 0.6 is 11.9 Å². The highest BCUT2D eigenvalue weighted by molar-refractivity contribution is 7.98. The average Bonchev–Trinajstić information content (AvgIpc) is 3.45. The van der Waals surface area contributed by atoms with Crippen molar-refractivity contribution in [3.05, 3.63) is 65.2 Å². The fourth-order valence-electron chi connectivity index (χ4n) is 11.3. The molecular formula is C47H69F6NO3S. The Morgan fingerprint density at radius 1 is 0.776 bits per heavy atom. The van der Waals surface area contributed by atoms with Gasteiger partial charge in [-0.1, -0.05) is 97.3 Å². The van der Waals surface area contributed by atoms with Gasteiger partial charge in [-0.3, -0.25) is 9.52 Å². The van der Waals surface area contributed by atoms with Gasteiger partial charge >= 0.3 is 12.4 Å². The molecule has 58 heavy (non-hydrogen) atoms. The Hall–Kier alpha value is -2.53. The van der Waals surface area contributed by atoms with Crippen molar-refractivity contribution in [2.24, 2.45) is 46.3 Å². The van der Waals surface area contributed by atoms with Gasteiger partial charge < -0.3 is 9.90 Å². The van der Waals surface area contributed by atoms with E-state index in [9.17, 15) is 36.2 Å². The number of hydrogen-bond acceptors (Lipinski definition) is 4. The zero-order valence-electron chi connectivity index (χ0n) is 35.6. The molecule has 6 rings (SSSR count). The van der Waals surface area contributed by atoms with Gasteiger partial charge in [-0.15, -0.1) is 0 Å². The minimum absolute atomic E-state index is 0.118. The minimum atomic E-state index is -4.36. The molecule has 2 aromatic carbocycles. The summed E-state index contributed by atoms with van der Waals surface area (Å²) in [5.41, 5.74) is 0.151. The molecule has 0 radical (unpaired) electrons. The van der Waals surface area contributed by atoms with E-state index >= 15 is 0 Å². The molecule has 328 valence electrons. The number of fused-ring (bicyclic) bond motifs is 5. The van der Waals surface area contributed by atoms with Gasteiger partial charge in [-0.05, 0) is 153 Å². The van der Waals surface area contributed by atoms with Crippen LogP contribution in [0.15, 0.2) is 53.4 Å². The number of alkyl halides is 6. The van der Waals surface area contributed by atoms with Crippen molar-refractivity contribution in [1.29, 1.82) is 0 Å². The summed E-state index contributed by atoms with van der Waals surface area (Å²) in [6.45, 7) is 15.6. The normalized spacial score (nSPS) is 30.1. The predicted molar refractivity (Wildman–Crippen MR) is 223 cm³/mol. The van der Waals surface area contributed by atoms with Gasteiger partial charge in [-0.2, -0.15) is 26.3 Å². The van der Waals surface area contributed by atoms with E-state index in [4.69, 9.17) is 4.79 Å². The van der Waals surface area contributed by atoms with E-state index in [0.717, 1.165) is 84.7 Å². The number of aliphatic hydroxyl groups is 1. The van der Waals surface area contributed by atoms with Crippen LogP contribution in [0.1, 0.15) is 154 Å². The lowest BCUT2D eigenvalue weighted by Crippen LogP contribution is -2.55. The second-order valence-electron chi connectivity index (χ2n) is 17.7. The highest BCUT2D eigenvalue weighted by atomic mass is 32.2. The number of hydrogen-bond donors (Lipinski definition) is 2. The van der Waals surface area contributed by atoms with Crippen LogP contribution < -0.4 is 4.72 Å². The van der Waals surface area contributed by atoms with Gasteiger partial charge in [-0.25, -0.2) is 0 Å². The molecule has 11 heteroatoms. The first-order valence-electron chi connectivity index (χ1n) is 21.6. The number of carbonyl (C=O) groups excluding carboxylic acids is 2. The van der Waals surface area contributed by atoms with Crippen LogP contribution in [0, 0.1) is 53.3 Å². The van der Waals surface area contributed by atoms with Crippen molar-refractivity contribution in [2.45, 2.75) is 168 Å². The van der Waals surface area contributed by atoms with Gasteiger partial charge in [0.1, 0.15) is 6.79 Å². The molecule has 0 aliphatic heterocycles. The number of amides is 1. The van der Waals surface area contributed by atoms with Crippen LogP contribution in [0.2, 0.25) is 0 Å². The third-order valence-corrected chi connectivity index (χ3v) is 15.1. The first kappa shape index (κ1) is 49.8. The third-order valence-electron chi connectivity index (χ3n) is 14.2. The monoisotopic (exact) mass is 841 g/mol. The minimum Gasteiger partial charge on any atom is -0.393 e. The lowest BCUT2D eigenvalue weighted by molar-refractivity contribution is -0.138. The molecule has 0 saturated heterocycles. The quantitative estimate of drug-likeness (QED) is 0.142. The molecule has 9 atom stereocenters. The number of unbranched alkanes of at least 4 members (excludes halogenated alkanes) is 3. The predicted octanol–water partition coefficient (Wildman–Crippen LogP) is 14.1. The van der Waals surface area contributed by atoms with Gasteiger partial charge in [0.05, 0.1) is 17.2 Å². The summed E-state index contributed by atoms with van der Waals surface area (Å²) in [5, 5.41) is 11.3. The Morgan fingerprint density at radius 2 is 1.34 bits per heavy atom. The molecule has 4 aliphatic rings. The van der Waals surface area contributed by atoms with Crippen LogP contribution in [0.5, 0.6) is 0 Å². The zero-order chi connectivity index (χ0) is 43.3. The van der Waals surface area contributed by atoms with Crippen molar-refractivity contribution >= 4 is 24.6 Å². The molecule has 2 aromatic rings. The molecule has 0 aromatic heterocycles. The summed E-state index contributed by atoms with van der Waals surface area (Å²) in [7, 11) is 0. The number of aliphatic hydroxyl groups excluding tert-OH is 1. The highest BCUT2D eigenvalue weighted by Crippen LogP contribution is 2.69. The van der Waals surface area contributed by atoms with E-state index in [1.165, 1.54) is 101 Å². The van der Waals surface area contributed by atoms with Crippen molar-refractivity contribution in [3.8, 4) is 0 Å². The van der Waals surface area contributed by atoms with Crippen LogP contribution in [0.3, 0.4) is 0 Å². The summed E-state index contributed by atoms with van der Waals surface area (Å²) < 4.78 is 76.8. The standard InChI is InChI=1S/C32H46F3NO2S.C8H7F3.C6H14.CH2O/c1-4-20-18-23-25(30(2)16-6-5-8-24(20)30)15-17-31(3)26(28(37)19-27(23)31)9-7-10-29(38)36-39-22-13-11-21(12-14-22)32(33,34)35;1-6-2-4-7(5-3-6)8(9,10)11;1-3-5-6-4-2;1-2/h11-14,20,23-28,37H,4-10,15-19H2,1-3H3,(H,36,38);2-5H,1H3;3-6H2,1-2H3;1H2/t20-,23?,24?,25?,26?,27?,28?,30?,31?;;;/m0.../s1. The fourth-order valence-corrected chi connectivity index (χ4v) is 11.9. The number of benzene rings is 2. The maximum absolute atomic E-state index is 12.8. The van der Waals surface area contributed by atoms with E-state index in [-0.39, 0.29) is 23.3 Å². The Labute approximate surface area is 348 Å². The Kier molecular flexibility index (Phi) is 19.2. The van der Waals surface area contributed by atoms with E-state index in [1.807, 2.05) is 6.79 Å². The summed E-state index contributed by atoms with van der Waals surface area (Å²) in [6.07, 6.45) is 10.2. The smallest absolute Gasteiger partial charge is 0.393 e. The summed E-state index contributed by atoms with van der Waals surface area (Å²) in [6, 6.07) is 9.88. The second-order valence-corrected chi connectivity index (χ2v) is 18.6. The van der Waals surface area contributed by atoms with Crippen molar-refractivity contribution < 1.29 is 41.0 Å². The van der Waals surface area contributed by atoms with Gasteiger partial charge in [0, 0.05) is 11.3 Å². The Balaban J connectivity index is 0.000000392. The average molecular weight is 842 g/mol. The fraction of sp³-hybridized carbons (Fsp3) is 0.702. The molecule has 8 unspecified atom stereocenters. The maximum atomic E-state index is 12.8. The topological polar surface area (TPSA) is 66.4 Å². The molecule has 4 nitrogen and oxygen atoms in total. The summed E-state index contributed by atoms with van der Waals surface area (Å²) >= 11 is 1.06. The van der Waals surface area contributed by atoms with Crippen LogP contribution in [0.4, 0.5) is 26.3 Å². The lowest BCUT2D eigenvalue weighted by Gasteiger charge is -2.62. The SMILES string of the molecule is C=O.CCCCCC.CC[C@H]1CC2C3CC(O)C(CCCC(=O)NSc4ccc(C(F)(F)F)cc4)C3(C)CCC2C2(C)CCCCC12.Cc1ccc(C(F)(F)F)cc1. The second kappa shape index (κ2) is 22.4. The van der Waals surface area contributed by atoms with E-state index in [2.05, 4.69) is 39.3 Å². The first-order chi connectivity index (χ1) is 27.4. The number of halogens is 6. The number of rotatable bonds is 10. The molecule has 4 fully saturated rings. The number of aryl methyl sites for hydroxylation is 1. The number of carbonyl (C=O) groups is 2. The molecule has 0 bridgehead atoms. The van der Waals surface area contributed by atoms with Crippen molar-refractivity contribution in [2.75, 3.05) is 0 Å². The molecule has 0 heterocycles. The Bertz CT molecular complexity index is 1510. The largest absolute Gasteiger partial charge is 0.416 e. The highest BCUT2D eigenvalue weighted by Gasteiger charge is 2.62. The maximum Gasteiger partial charge on any atom is 0.416 e. The van der Waals surface area contributed by atoms with Crippen LogP contribution in [-0.4, -0.2) is 23.9 Å². The van der Waals surface area contributed by atoms with Crippen LogP contribution in [-0.2, 0) is 21.9 Å². The zero-order valence-corrected chi connectivity index (χ0v) is 36.4. The molecular weight excluding hydrogens is 773 g/mol. The van der Waals surface area contributed by atoms with Crippen molar-refractivity contribution in [3.63, 3.8) is 0 Å². The third kappa shape index (κ3) is 12.7. The van der Waals surface area contributed by atoms with Crippen molar-refractivity contribution in [1.82, 2.24) is 4.72 Å². The first-order valence-corrected chi connectivity index (χ1v) is 22.4. The lowest BCUT2D eigenvalue weighted by atomic mass is 9.42.